The number of nitrogens with zero attached hydrogens (tertiary/aromatic N) is 4. The number of alkyl halides is 2. The van der Waals surface area contributed by atoms with E-state index in [9.17, 15) is 28.0 Å². The molecule has 5 amide bonds. The van der Waals surface area contributed by atoms with E-state index in [1.807, 2.05) is 13.8 Å². The number of imide groups is 1. The van der Waals surface area contributed by atoms with Gasteiger partial charge in [-0.05, 0) is 62.4 Å². The molecule has 0 unspecified atom stereocenters. The molecule has 0 saturated carbocycles. The van der Waals surface area contributed by atoms with Crippen LogP contribution in [-0.2, 0) is 20.9 Å². The number of methoxy groups -OCH3 is 1. The van der Waals surface area contributed by atoms with Crippen LogP contribution < -0.4 is 19.1 Å². The summed E-state index contributed by atoms with van der Waals surface area (Å²) in [5.41, 5.74) is 1.02. The average molecular weight is 665 g/mol. The zero-order valence-electron chi connectivity index (χ0n) is 27.3. The normalized spacial score (nSPS) is 13.2. The summed E-state index contributed by atoms with van der Waals surface area (Å²) in [7, 11) is 1.42. The minimum Gasteiger partial charge on any atom is -0.493 e. The second-order valence-electron chi connectivity index (χ2n) is 11.1. The van der Waals surface area contributed by atoms with E-state index in [-0.39, 0.29) is 30.5 Å². The van der Waals surface area contributed by atoms with E-state index >= 15 is 4.39 Å². The number of carbonyl (C=O) groups excluding carboxylic acids is 4. The number of halogens is 3. The Balaban J connectivity index is 1.89. The van der Waals surface area contributed by atoms with Crippen LogP contribution in [0.4, 0.5) is 23.7 Å². The predicted octanol–water partition coefficient (Wildman–Crippen LogP) is 4.67. The van der Waals surface area contributed by atoms with Gasteiger partial charge in [0.05, 0.1) is 19.3 Å². The van der Waals surface area contributed by atoms with E-state index < -0.39 is 37.3 Å². The molecule has 0 aliphatic carbocycles. The fourth-order valence-corrected chi connectivity index (χ4v) is 5.36. The van der Waals surface area contributed by atoms with Crippen molar-refractivity contribution >= 4 is 30.4 Å². The molecule has 3 rings (SSSR count). The van der Waals surface area contributed by atoms with Crippen molar-refractivity contribution in [2.75, 3.05) is 58.1 Å². The Morgan fingerprint density at radius 2 is 1.74 bits per heavy atom. The third-order valence-corrected chi connectivity index (χ3v) is 7.90. The average Bonchev–Trinajstić information content (AvgIpc) is 3.09. The fourth-order valence-electron chi connectivity index (χ4n) is 5.36. The van der Waals surface area contributed by atoms with Gasteiger partial charge < -0.3 is 24.0 Å². The fraction of sp³-hybridized carbons (Fsp3) is 0.515. The van der Waals surface area contributed by atoms with Gasteiger partial charge in [0.25, 0.3) is 5.91 Å². The lowest BCUT2D eigenvalue weighted by Crippen LogP contribution is -2.52. The Morgan fingerprint density at radius 3 is 2.32 bits per heavy atom. The quantitative estimate of drug-likeness (QED) is 0.226. The topological polar surface area (TPSA) is 109 Å². The maximum atomic E-state index is 15.2. The van der Waals surface area contributed by atoms with Crippen LogP contribution in [0.3, 0.4) is 0 Å². The molecule has 0 bridgehead atoms. The van der Waals surface area contributed by atoms with Gasteiger partial charge in [-0.2, -0.15) is 0 Å². The van der Waals surface area contributed by atoms with Crippen molar-refractivity contribution in [2.45, 2.75) is 58.7 Å². The highest BCUT2D eigenvalue weighted by Gasteiger charge is 2.34. The van der Waals surface area contributed by atoms with E-state index in [1.165, 1.54) is 18.1 Å². The number of benzene rings is 2. The number of anilines is 1. The first-order valence-corrected chi connectivity index (χ1v) is 15.5. The van der Waals surface area contributed by atoms with Crippen LogP contribution in [0.1, 0.15) is 44.2 Å². The van der Waals surface area contributed by atoms with Gasteiger partial charge >= 0.3 is 6.03 Å². The van der Waals surface area contributed by atoms with Crippen LogP contribution in [0.5, 0.6) is 17.2 Å². The Bertz CT molecular complexity index is 1370. The number of hydrogen-bond donors (Lipinski definition) is 0. The molecule has 0 N–H and O–H groups in total. The maximum absolute atomic E-state index is 15.2. The number of piperidine rings is 1. The van der Waals surface area contributed by atoms with Crippen LogP contribution in [0.2, 0.25) is 0 Å². The Hall–Kier alpha value is -4.49. The van der Waals surface area contributed by atoms with Crippen LogP contribution in [0, 0.1) is 12.7 Å². The van der Waals surface area contributed by atoms with Crippen LogP contribution >= 0.6 is 0 Å². The van der Waals surface area contributed by atoms with Crippen LogP contribution in [0.25, 0.3) is 0 Å². The van der Waals surface area contributed by atoms with E-state index in [0.29, 0.717) is 74.5 Å². The summed E-state index contributed by atoms with van der Waals surface area (Å²) < 4.78 is 57.7. The summed E-state index contributed by atoms with van der Waals surface area (Å²) in [6, 6.07) is 5.85. The summed E-state index contributed by atoms with van der Waals surface area (Å²) in [5, 5.41) is 0. The van der Waals surface area contributed by atoms with Gasteiger partial charge in [0.15, 0.2) is 35.8 Å². The first-order valence-electron chi connectivity index (χ1n) is 15.5. The molecule has 0 aromatic heterocycles. The largest absolute Gasteiger partial charge is 0.493 e. The standard InChI is InChI=1S/C33H43F3N4O7/c1-5-11-38(6-2)32(43)20-46-29-8-7-24(15-31(29)45-4)19-39(22-42)33(44)40(25-9-12-37(21-41)13-10-25)28-16-27(36)30(14-23(28)3)47-26(17-34)18-35/h7-8,14-16,21-22,25-26H,5-6,9-13,17-20H2,1-4H3. The highest BCUT2D eigenvalue weighted by Crippen LogP contribution is 2.34. The molecule has 1 saturated heterocycles. The van der Waals surface area contributed by atoms with Crippen molar-refractivity contribution in [1.29, 1.82) is 0 Å². The molecule has 258 valence electrons. The number of likely N-dealkylation sites (N-methyl/N-ethyl adjacent to an activating group) is 1. The van der Waals surface area contributed by atoms with Crippen molar-refractivity contribution in [3.8, 4) is 17.2 Å². The third-order valence-electron chi connectivity index (χ3n) is 7.90. The highest BCUT2D eigenvalue weighted by atomic mass is 19.1. The molecule has 2 aromatic carbocycles. The molecule has 1 fully saturated rings. The number of aryl methyl sites for hydroxylation is 1. The monoisotopic (exact) mass is 664 g/mol. The van der Waals surface area contributed by atoms with E-state index in [0.717, 1.165) is 17.4 Å². The molecule has 0 atom stereocenters. The van der Waals surface area contributed by atoms with Gasteiger partial charge in [0.2, 0.25) is 12.8 Å². The van der Waals surface area contributed by atoms with Crippen molar-refractivity contribution < 1.29 is 46.6 Å². The summed E-state index contributed by atoms with van der Waals surface area (Å²) in [6.07, 6.45) is 1.13. The molecule has 47 heavy (non-hydrogen) atoms. The number of ether oxygens (including phenoxy) is 3. The zero-order chi connectivity index (χ0) is 34.5. The molecule has 1 aliphatic rings. The van der Waals surface area contributed by atoms with Gasteiger partial charge in [0, 0.05) is 38.3 Å². The maximum Gasteiger partial charge on any atom is 0.331 e. The third kappa shape index (κ3) is 9.52. The van der Waals surface area contributed by atoms with E-state index in [1.54, 1.807) is 34.9 Å². The van der Waals surface area contributed by atoms with Crippen molar-refractivity contribution in [3.63, 3.8) is 0 Å². The van der Waals surface area contributed by atoms with Gasteiger partial charge in [0.1, 0.15) is 13.3 Å². The molecule has 0 spiro atoms. The number of rotatable bonds is 17. The predicted molar refractivity (Wildman–Crippen MR) is 169 cm³/mol. The summed E-state index contributed by atoms with van der Waals surface area (Å²) in [6.45, 7) is 4.61. The van der Waals surface area contributed by atoms with E-state index in [2.05, 4.69) is 0 Å². The SMILES string of the molecule is CCCN(CC)C(=O)COc1ccc(CN(C=O)C(=O)N(c2cc(F)c(OC(CF)CF)cc2C)C2CCN(C=O)CC2)cc1OC. The molecule has 0 radical (unpaired) electrons. The van der Waals surface area contributed by atoms with Gasteiger partial charge in [-0.3, -0.25) is 24.2 Å². The molecular formula is C33H43F3N4O7. The minimum absolute atomic E-state index is 0.142. The number of carbonyl (C=O) groups is 4. The number of amides is 5. The first-order chi connectivity index (χ1) is 22.6. The van der Waals surface area contributed by atoms with Crippen LogP contribution in [-0.4, -0.2) is 105 Å². The molecular weight excluding hydrogens is 621 g/mol. The second-order valence-corrected chi connectivity index (χ2v) is 11.1. The van der Waals surface area contributed by atoms with Gasteiger partial charge in [-0.1, -0.05) is 13.0 Å². The molecule has 1 aliphatic heterocycles. The van der Waals surface area contributed by atoms with Gasteiger partial charge in [-0.15, -0.1) is 0 Å². The lowest BCUT2D eigenvalue weighted by atomic mass is 10.0. The van der Waals surface area contributed by atoms with Crippen molar-refractivity contribution in [3.05, 3.63) is 47.3 Å². The van der Waals surface area contributed by atoms with Gasteiger partial charge in [-0.25, -0.2) is 18.0 Å². The number of urea groups is 1. The zero-order valence-corrected chi connectivity index (χ0v) is 27.3. The molecule has 1 heterocycles. The smallest absolute Gasteiger partial charge is 0.331 e. The summed E-state index contributed by atoms with van der Waals surface area (Å²) >= 11 is 0. The van der Waals surface area contributed by atoms with E-state index in [4.69, 9.17) is 14.2 Å². The Kier molecular flexibility index (Phi) is 14.2. The highest BCUT2D eigenvalue weighted by molar-refractivity contribution is 5.98. The summed E-state index contributed by atoms with van der Waals surface area (Å²) in [5.74, 6) is -0.882. The summed E-state index contributed by atoms with van der Waals surface area (Å²) in [4.78, 5) is 55.8. The Morgan fingerprint density at radius 1 is 1.04 bits per heavy atom. The first kappa shape index (κ1) is 37.0. The minimum atomic E-state index is -1.48. The van der Waals surface area contributed by atoms with Crippen molar-refractivity contribution in [1.82, 2.24) is 14.7 Å². The lowest BCUT2D eigenvalue weighted by molar-refractivity contribution is -0.133. The Labute approximate surface area is 273 Å². The number of likely N-dealkylation sites (tertiary alicyclic amines) is 1. The molecule has 2 aromatic rings. The molecule has 11 nitrogen and oxygen atoms in total. The lowest BCUT2D eigenvalue weighted by Gasteiger charge is -2.39. The van der Waals surface area contributed by atoms with Crippen LogP contribution in [0.15, 0.2) is 30.3 Å². The second kappa shape index (κ2) is 18.0. The van der Waals surface area contributed by atoms with Crippen molar-refractivity contribution in [2.24, 2.45) is 0 Å². The number of hydrogen-bond acceptors (Lipinski definition) is 7. The molecule has 14 heteroatoms.